The van der Waals surface area contributed by atoms with Gasteiger partial charge in [-0.15, -0.1) is 5.10 Å². The van der Waals surface area contributed by atoms with Gasteiger partial charge >= 0.3 is 0 Å². The molecule has 1 aliphatic carbocycles. The first-order valence-corrected chi connectivity index (χ1v) is 12.6. The smallest absolute Gasteiger partial charge is 0.291 e. The van der Waals surface area contributed by atoms with Crippen molar-refractivity contribution in [1.29, 1.82) is 0 Å². The maximum Gasteiger partial charge on any atom is 0.291 e. The first-order valence-electron chi connectivity index (χ1n) is 12.6. The number of hydrogen-bond donors (Lipinski definition) is 2. The number of rotatable bonds is 5. The number of hydrogen-bond acceptors (Lipinski definition) is 6. The van der Waals surface area contributed by atoms with Gasteiger partial charge in [-0.1, -0.05) is 37.3 Å². The number of carbonyl (C=O) groups is 1. The van der Waals surface area contributed by atoms with E-state index in [2.05, 4.69) is 63.6 Å². The fraction of sp³-hybridized carbons (Fsp3) is 0.519. The zero-order valence-electron chi connectivity index (χ0n) is 20.5. The second-order valence-electron chi connectivity index (χ2n) is 11.0. The number of anilines is 1. The van der Waals surface area contributed by atoms with E-state index in [0.29, 0.717) is 12.3 Å². The second kappa shape index (κ2) is 8.03. The average molecular weight is 476 g/mol. The summed E-state index contributed by atoms with van der Waals surface area (Å²) in [6.07, 6.45) is 6.17. The number of ether oxygens (including phenoxy) is 1. The molecule has 2 aromatic heterocycles. The van der Waals surface area contributed by atoms with Crippen LogP contribution in [0.4, 0.5) is 5.69 Å². The molecular formula is C27H33N5O3. The minimum absolute atomic E-state index is 0.0359. The van der Waals surface area contributed by atoms with Gasteiger partial charge in [-0.25, -0.2) is 9.50 Å². The highest BCUT2D eigenvalue weighted by Gasteiger charge is 2.50. The summed E-state index contributed by atoms with van der Waals surface area (Å²) in [5, 5.41) is 17.4. The Bertz CT molecular complexity index is 1250. The van der Waals surface area contributed by atoms with Gasteiger partial charge in [0.1, 0.15) is 0 Å². The molecule has 1 saturated carbocycles. The van der Waals surface area contributed by atoms with Gasteiger partial charge in [-0.2, -0.15) is 0 Å². The Morgan fingerprint density at radius 3 is 2.63 bits per heavy atom. The number of aryl methyl sites for hydroxylation is 1. The third-order valence-corrected chi connectivity index (χ3v) is 8.56. The zero-order chi connectivity index (χ0) is 24.3. The molecule has 4 aliphatic rings. The molecule has 1 atom stereocenters. The highest BCUT2D eigenvalue weighted by molar-refractivity contribution is 5.91. The molecule has 2 bridgehead atoms. The van der Waals surface area contributed by atoms with E-state index in [4.69, 9.17) is 4.74 Å². The van der Waals surface area contributed by atoms with Crippen LogP contribution in [-0.4, -0.2) is 63.1 Å². The number of amides is 1. The number of pyridine rings is 1. The lowest BCUT2D eigenvalue weighted by Gasteiger charge is -2.52. The maximum atomic E-state index is 13.1. The van der Waals surface area contributed by atoms with E-state index >= 15 is 0 Å². The van der Waals surface area contributed by atoms with Gasteiger partial charge in [0.05, 0.1) is 36.2 Å². The standard InChI is InChI=1S/C27H33N5O3/c1-19-14-21(31-13-12-25(2,16-31)20-6-4-3-5-7-20)15-32-23(19)28-22(30-32)24(34)29-26-8-10-27(17-33,11-9-26)35-18-26/h3-7,14-15,33H,8-13,16-18H2,1-2H3,(H,29,34)/t25-,26?,27?/m0/s1. The summed E-state index contributed by atoms with van der Waals surface area (Å²) in [6.45, 7) is 6.71. The Morgan fingerprint density at radius 1 is 1.17 bits per heavy atom. The second-order valence-corrected chi connectivity index (χ2v) is 11.0. The zero-order valence-corrected chi connectivity index (χ0v) is 20.5. The quantitative estimate of drug-likeness (QED) is 0.590. The van der Waals surface area contributed by atoms with Crippen LogP contribution in [0.25, 0.3) is 5.65 Å². The highest BCUT2D eigenvalue weighted by Crippen LogP contribution is 2.43. The molecule has 0 unspecified atom stereocenters. The largest absolute Gasteiger partial charge is 0.393 e. The lowest BCUT2D eigenvalue weighted by molar-refractivity contribution is -0.177. The molecule has 1 aromatic carbocycles. The van der Waals surface area contributed by atoms with Crippen LogP contribution in [0.5, 0.6) is 0 Å². The number of aliphatic hydroxyl groups is 1. The molecule has 7 rings (SSSR count). The Morgan fingerprint density at radius 2 is 1.94 bits per heavy atom. The number of nitrogens with zero attached hydrogens (tertiary/aromatic N) is 4. The van der Waals surface area contributed by atoms with Crippen molar-refractivity contribution in [2.24, 2.45) is 0 Å². The van der Waals surface area contributed by atoms with Crippen molar-refractivity contribution in [3.8, 4) is 0 Å². The summed E-state index contributed by atoms with van der Waals surface area (Å²) in [5.41, 5.74) is 3.43. The average Bonchev–Trinajstić information content (AvgIpc) is 3.51. The molecule has 0 radical (unpaired) electrons. The molecule has 5 heterocycles. The molecular weight excluding hydrogens is 442 g/mol. The van der Waals surface area contributed by atoms with Gasteiger partial charge in [-0.05, 0) is 56.2 Å². The van der Waals surface area contributed by atoms with Gasteiger partial charge < -0.3 is 20.1 Å². The van der Waals surface area contributed by atoms with Crippen LogP contribution in [0.15, 0.2) is 42.6 Å². The summed E-state index contributed by atoms with van der Waals surface area (Å²) < 4.78 is 7.68. The van der Waals surface area contributed by atoms with Crippen molar-refractivity contribution in [2.75, 3.05) is 31.2 Å². The monoisotopic (exact) mass is 475 g/mol. The number of carbonyl (C=O) groups excluding carboxylic acids is 1. The minimum Gasteiger partial charge on any atom is -0.393 e. The van der Waals surface area contributed by atoms with E-state index in [0.717, 1.165) is 56.4 Å². The van der Waals surface area contributed by atoms with Gasteiger partial charge in [0.15, 0.2) is 5.65 Å². The molecule has 4 fully saturated rings. The fourth-order valence-corrected chi connectivity index (χ4v) is 6.08. The van der Waals surface area contributed by atoms with E-state index in [1.165, 1.54) is 5.56 Å². The molecule has 184 valence electrons. The normalized spacial score (nSPS) is 30.2. The van der Waals surface area contributed by atoms with Crippen molar-refractivity contribution >= 4 is 17.2 Å². The molecule has 0 spiro atoms. The third kappa shape index (κ3) is 3.79. The molecule has 3 aromatic rings. The van der Waals surface area contributed by atoms with E-state index in [1.54, 1.807) is 4.52 Å². The number of aromatic nitrogens is 3. The van der Waals surface area contributed by atoms with Crippen LogP contribution in [-0.2, 0) is 10.2 Å². The summed E-state index contributed by atoms with van der Waals surface area (Å²) >= 11 is 0. The van der Waals surface area contributed by atoms with Crippen molar-refractivity contribution in [1.82, 2.24) is 19.9 Å². The van der Waals surface area contributed by atoms with Crippen LogP contribution in [0, 0.1) is 6.92 Å². The summed E-state index contributed by atoms with van der Waals surface area (Å²) in [5.74, 6) is -0.0887. The first kappa shape index (κ1) is 22.5. The third-order valence-electron chi connectivity index (χ3n) is 8.56. The molecule has 35 heavy (non-hydrogen) atoms. The molecule has 2 N–H and O–H groups in total. The predicted octanol–water partition coefficient (Wildman–Crippen LogP) is 3.01. The van der Waals surface area contributed by atoms with Gasteiger partial charge in [0.25, 0.3) is 5.91 Å². The fourth-order valence-electron chi connectivity index (χ4n) is 6.08. The van der Waals surface area contributed by atoms with Crippen LogP contribution < -0.4 is 10.2 Å². The van der Waals surface area contributed by atoms with Crippen LogP contribution in [0.3, 0.4) is 0 Å². The molecule has 3 aliphatic heterocycles. The summed E-state index contributed by atoms with van der Waals surface area (Å²) in [4.78, 5) is 20.1. The van der Waals surface area contributed by atoms with Crippen LogP contribution in [0.1, 0.15) is 60.8 Å². The van der Waals surface area contributed by atoms with Crippen molar-refractivity contribution in [3.63, 3.8) is 0 Å². The van der Waals surface area contributed by atoms with Crippen molar-refractivity contribution in [3.05, 3.63) is 59.5 Å². The summed E-state index contributed by atoms with van der Waals surface area (Å²) in [6, 6.07) is 12.9. The Labute approximate surface area is 205 Å². The van der Waals surface area contributed by atoms with Crippen molar-refractivity contribution in [2.45, 2.75) is 62.5 Å². The van der Waals surface area contributed by atoms with E-state index < -0.39 is 11.1 Å². The Balaban J connectivity index is 1.21. The van der Waals surface area contributed by atoms with E-state index in [-0.39, 0.29) is 23.8 Å². The molecule has 8 nitrogen and oxygen atoms in total. The highest BCUT2D eigenvalue weighted by atomic mass is 16.5. The van der Waals surface area contributed by atoms with Gasteiger partial charge in [0, 0.05) is 18.5 Å². The number of benzene rings is 1. The van der Waals surface area contributed by atoms with E-state index in [1.807, 2.05) is 13.1 Å². The van der Waals surface area contributed by atoms with Gasteiger partial charge in [0.2, 0.25) is 5.82 Å². The maximum absolute atomic E-state index is 13.1. The summed E-state index contributed by atoms with van der Waals surface area (Å²) in [7, 11) is 0. The first-order chi connectivity index (χ1) is 16.8. The molecule has 8 heteroatoms. The van der Waals surface area contributed by atoms with Crippen LogP contribution >= 0.6 is 0 Å². The van der Waals surface area contributed by atoms with Gasteiger partial charge in [-0.3, -0.25) is 4.79 Å². The van der Waals surface area contributed by atoms with E-state index in [9.17, 15) is 9.90 Å². The number of fused-ring (bicyclic) bond motifs is 4. The number of aliphatic hydroxyl groups excluding tert-OH is 1. The Hall–Kier alpha value is -2.97. The van der Waals surface area contributed by atoms with Crippen molar-refractivity contribution < 1.29 is 14.6 Å². The minimum atomic E-state index is -0.423. The Kier molecular flexibility index (Phi) is 5.16. The predicted molar refractivity (Wildman–Crippen MR) is 133 cm³/mol. The lowest BCUT2D eigenvalue weighted by Crippen LogP contribution is -2.63. The molecule has 3 saturated heterocycles. The topological polar surface area (TPSA) is 92.0 Å². The molecule has 1 amide bonds. The van der Waals surface area contributed by atoms with Crippen LogP contribution in [0.2, 0.25) is 0 Å². The lowest BCUT2D eigenvalue weighted by atomic mass is 9.71. The number of nitrogens with one attached hydrogen (secondary N) is 1. The SMILES string of the molecule is Cc1cc(N2CC[C@](C)(c3ccccc3)C2)cn2nc(C(=O)NC34CCC(CO)(CC3)OC4)nc12.